The highest BCUT2D eigenvalue weighted by Crippen LogP contribution is 2.23. The summed E-state index contributed by atoms with van der Waals surface area (Å²) in [6.45, 7) is 2.85. The Hall–Kier alpha value is -1.52. The summed E-state index contributed by atoms with van der Waals surface area (Å²) in [6, 6.07) is 5.07. The average molecular weight is 280 g/mol. The molecule has 0 fully saturated rings. The predicted molar refractivity (Wildman–Crippen MR) is 78.6 cm³/mol. The number of halogens is 1. The maximum absolute atomic E-state index is 11.0. The van der Waals surface area contributed by atoms with Gasteiger partial charge in [0.1, 0.15) is 0 Å². The maximum Gasteiger partial charge on any atom is 0.248 e. The number of carbonyl (C=O) groups excluding carboxylic acids is 1. The second-order valence-electron chi connectivity index (χ2n) is 4.55. The van der Waals surface area contributed by atoms with Crippen molar-refractivity contribution < 1.29 is 4.79 Å². The Labute approximate surface area is 118 Å². The van der Waals surface area contributed by atoms with E-state index in [0.717, 1.165) is 38.2 Å². The van der Waals surface area contributed by atoms with Crippen molar-refractivity contribution in [2.75, 3.05) is 25.0 Å². The summed E-state index contributed by atoms with van der Waals surface area (Å²) in [5, 5.41) is 7.09. The molecule has 0 saturated carbocycles. The molecule has 0 bridgehead atoms. The third-order valence-corrected chi connectivity index (χ3v) is 3.49. The summed E-state index contributed by atoms with van der Waals surface area (Å²) >= 11 is 6.10. The van der Waals surface area contributed by atoms with Gasteiger partial charge in [0.2, 0.25) is 5.91 Å². The Morgan fingerprint density at radius 3 is 2.95 bits per heavy atom. The molecule has 0 unspecified atom stereocenters. The van der Waals surface area contributed by atoms with E-state index in [1.807, 2.05) is 0 Å². The summed E-state index contributed by atoms with van der Waals surface area (Å²) in [4.78, 5) is 11.0. The molecule has 0 saturated heterocycles. The molecule has 1 heterocycles. The molecule has 0 aromatic heterocycles. The fourth-order valence-electron chi connectivity index (χ4n) is 2.07. The molecule has 5 heteroatoms. The fraction of sp³-hybridized carbons (Fsp3) is 0.357. The normalized spacial score (nSPS) is 14.9. The number of nitrogens with two attached hydrogens (primary N) is 1. The standard InChI is InChI=1S/C14H18ClN3O/c15-12-9-11(14(16)19)1-2-13(12)18-8-5-10-3-6-17-7-4-10/h1-3,9,17-18H,4-8H2,(H2,16,19). The quantitative estimate of drug-likeness (QED) is 0.724. The molecule has 4 N–H and O–H groups in total. The topological polar surface area (TPSA) is 67.2 Å². The second kappa shape index (κ2) is 6.59. The number of nitrogens with one attached hydrogen (secondary N) is 2. The SMILES string of the molecule is NC(=O)c1ccc(NCCC2=CCNCC2)c(Cl)c1. The first kappa shape index (κ1) is 13.9. The first-order valence-electron chi connectivity index (χ1n) is 6.38. The van der Waals surface area contributed by atoms with Gasteiger partial charge in [-0.25, -0.2) is 0 Å². The molecule has 1 aliphatic heterocycles. The highest BCUT2D eigenvalue weighted by molar-refractivity contribution is 6.33. The molecule has 0 spiro atoms. The van der Waals surface area contributed by atoms with E-state index in [4.69, 9.17) is 17.3 Å². The van der Waals surface area contributed by atoms with Crippen LogP contribution in [0.5, 0.6) is 0 Å². The molecule has 19 heavy (non-hydrogen) atoms. The van der Waals surface area contributed by atoms with Gasteiger partial charge in [0.05, 0.1) is 10.7 Å². The third-order valence-electron chi connectivity index (χ3n) is 3.17. The van der Waals surface area contributed by atoms with Crippen LogP contribution in [0.25, 0.3) is 0 Å². The van der Waals surface area contributed by atoms with Crippen molar-refractivity contribution in [3.05, 3.63) is 40.4 Å². The minimum Gasteiger partial charge on any atom is -0.384 e. The zero-order chi connectivity index (χ0) is 13.7. The molecule has 4 nitrogen and oxygen atoms in total. The van der Waals surface area contributed by atoms with E-state index in [2.05, 4.69) is 16.7 Å². The average Bonchev–Trinajstić information content (AvgIpc) is 2.41. The number of amides is 1. The Balaban J connectivity index is 1.89. The molecule has 0 atom stereocenters. The maximum atomic E-state index is 11.0. The monoisotopic (exact) mass is 279 g/mol. The van der Waals surface area contributed by atoms with Crippen LogP contribution in [0.4, 0.5) is 5.69 Å². The fourth-order valence-corrected chi connectivity index (χ4v) is 2.31. The van der Waals surface area contributed by atoms with E-state index >= 15 is 0 Å². The van der Waals surface area contributed by atoms with Gasteiger partial charge in [-0.05, 0) is 37.6 Å². The second-order valence-corrected chi connectivity index (χ2v) is 4.96. The van der Waals surface area contributed by atoms with Gasteiger partial charge in [0.15, 0.2) is 0 Å². The molecule has 1 aromatic rings. The number of hydrogen-bond donors (Lipinski definition) is 3. The number of rotatable bonds is 5. The van der Waals surface area contributed by atoms with Crippen LogP contribution in [0, 0.1) is 0 Å². The van der Waals surface area contributed by atoms with Crippen molar-refractivity contribution in [2.45, 2.75) is 12.8 Å². The molecule has 1 aromatic carbocycles. The van der Waals surface area contributed by atoms with Crippen LogP contribution < -0.4 is 16.4 Å². The summed E-state index contributed by atoms with van der Waals surface area (Å²) in [5.41, 5.74) is 7.93. The van der Waals surface area contributed by atoms with E-state index in [-0.39, 0.29) is 0 Å². The van der Waals surface area contributed by atoms with E-state index in [1.54, 1.807) is 18.2 Å². The lowest BCUT2D eigenvalue weighted by atomic mass is 10.1. The van der Waals surface area contributed by atoms with Crippen molar-refractivity contribution in [3.8, 4) is 0 Å². The molecule has 0 radical (unpaired) electrons. The van der Waals surface area contributed by atoms with Gasteiger partial charge in [-0.1, -0.05) is 23.3 Å². The Morgan fingerprint density at radius 1 is 1.47 bits per heavy atom. The third kappa shape index (κ3) is 3.98. The Bertz CT molecular complexity index is 499. The molecule has 1 amide bonds. The number of hydrogen-bond acceptors (Lipinski definition) is 3. The van der Waals surface area contributed by atoms with Crippen molar-refractivity contribution in [1.29, 1.82) is 0 Å². The van der Waals surface area contributed by atoms with Crippen LogP contribution in [0.15, 0.2) is 29.8 Å². The van der Waals surface area contributed by atoms with E-state index in [9.17, 15) is 4.79 Å². The van der Waals surface area contributed by atoms with Gasteiger partial charge in [-0.2, -0.15) is 0 Å². The molecule has 0 aliphatic carbocycles. The first-order valence-corrected chi connectivity index (χ1v) is 6.76. The summed E-state index contributed by atoms with van der Waals surface area (Å²) in [5.74, 6) is -0.465. The van der Waals surface area contributed by atoms with Gasteiger partial charge >= 0.3 is 0 Å². The smallest absolute Gasteiger partial charge is 0.248 e. The number of carbonyl (C=O) groups is 1. The zero-order valence-corrected chi connectivity index (χ0v) is 11.5. The zero-order valence-electron chi connectivity index (χ0n) is 10.7. The predicted octanol–water partition coefficient (Wildman–Crippen LogP) is 2.16. The van der Waals surface area contributed by atoms with Crippen LogP contribution in [-0.4, -0.2) is 25.5 Å². The van der Waals surface area contributed by atoms with Crippen molar-refractivity contribution >= 4 is 23.2 Å². The van der Waals surface area contributed by atoms with Crippen LogP contribution >= 0.6 is 11.6 Å². The van der Waals surface area contributed by atoms with Crippen LogP contribution in [0.2, 0.25) is 5.02 Å². The molecular formula is C14H18ClN3O. The highest BCUT2D eigenvalue weighted by Gasteiger charge is 2.06. The van der Waals surface area contributed by atoms with Gasteiger partial charge in [0, 0.05) is 18.7 Å². The van der Waals surface area contributed by atoms with Gasteiger partial charge in [-0.15, -0.1) is 0 Å². The van der Waals surface area contributed by atoms with Crippen LogP contribution in [-0.2, 0) is 0 Å². The largest absolute Gasteiger partial charge is 0.384 e. The molecular weight excluding hydrogens is 262 g/mol. The van der Waals surface area contributed by atoms with E-state index < -0.39 is 5.91 Å². The van der Waals surface area contributed by atoms with Gasteiger partial charge < -0.3 is 16.4 Å². The number of benzene rings is 1. The molecule has 102 valence electrons. The Morgan fingerprint density at radius 2 is 2.32 bits per heavy atom. The minimum atomic E-state index is -0.465. The van der Waals surface area contributed by atoms with Crippen molar-refractivity contribution in [1.82, 2.24) is 5.32 Å². The van der Waals surface area contributed by atoms with Crippen LogP contribution in [0.3, 0.4) is 0 Å². The number of anilines is 1. The lowest BCUT2D eigenvalue weighted by Gasteiger charge is -2.15. The highest BCUT2D eigenvalue weighted by atomic mass is 35.5. The summed E-state index contributed by atoms with van der Waals surface area (Å²) < 4.78 is 0. The van der Waals surface area contributed by atoms with Crippen molar-refractivity contribution in [2.24, 2.45) is 5.73 Å². The number of primary amides is 1. The van der Waals surface area contributed by atoms with Gasteiger partial charge in [0.25, 0.3) is 0 Å². The molecule has 1 aliphatic rings. The summed E-state index contributed by atoms with van der Waals surface area (Å²) in [6.07, 6.45) is 4.36. The lowest BCUT2D eigenvalue weighted by molar-refractivity contribution is 0.100. The van der Waals surface area contributed by atoms with Crippen LogP contribution in [0.1, 0.15) is 23.2 Å². The van der Waals surface area contributed by atoms with Crippen molar-refractivity contribution in [3.63, 3.8) is 0 Å². The first-order chi connectivity index (χ1) is 9.16. The lowest BCUT2D eigenvalue weighted by Crippen LogP contribution is -2.21. The van der Waals surface area contributed by atoms with E-state index in [0.29, 0.717) is 10.6 Å². The Kier molecular flexibility index (Phi) is 4.82. The summed E-state index contributed by atoms with van der Waals surface area (Å²) in [7, 11) is 0. The van der Waals surface area contributed by atoms with E-state index in [1.165, 1.54) is 5.57 Å². The molecule has 2 rings (SSSR count). The van der Waals surface area contributed by atoms with Gasteiger partial charge in [-0.3, -0.25) is 4.79 Å². The minimum absolute atomic E-state index is 0.427.